The highest BCUT2D eigenvalue weighted by Gasteiger charge is 2.39. The molecule has 0 N–H and O–H groups in total. The number of carbonyl (C=O) groups excluding carboxylic acids is 1. The molecule has 5 heteroatoms. The van der Waals surface area contributed by atoms with E-state index in [1.807, 2.05) is 20.8 Å². The van der Waals surface area contributed by atoms with Crippen LogP contribution in [-0.4, -0.2) is 17.5 Å². The predicted molar refractivity (Wildman–Crippen MR) is 50.4 cm³/mol. The number of esters is 1. The molecule has 0 rings (SSSR count). The van der Waals surface area contributed by atoms with E-state index in [0.717, 1.165) is 0 Å². The summed E-state index contributed by atoms with van der Waals surface area (Å²) >= 11 is 4.49. The molecule has 0 radical (unpaired) electrons. The molecule has 0 heterocycles. The van der Waals surface area contributed by atoms with E-state index in [1.165, 1.54) is 0 Å². The van der Waals surface area contributed by atoms with Crippen LogP contribution in [0.4, 0.5) is 8.78 Å². The first kappa shape index (κ1) is 13.6. The molecule has 0 aromatic heterocycles. The van der Waals surface area contributed by atoms with Crippen molar-refractivity contribution < 1.29 is 18.3 Å². The van der Waals surface area contributed by atoms with Gasteiger partial charge in [-0.15, -0.1) is 0 Å². The molecule has 2 nitrogen and oxygen atoms in total. The van der Waals surface area contributed by atoms with Gasteiger partial charge in [0.2, 0.25) is 0 Å². The third-order valence-corrected chi connectivity index (χ3v) is 1.59. The monoisotopic (exact) mass is 228 g/mol. The van der Waals surface area contributed by atoms with E-state index in [1.54, 1.807) is 6.92 Å². The van der Waals surface area contributed by atoms with Gasteiger partial charge in [0.25, 0.3) is 0 Å². The van der Waals surface area contributed by atoms with Crippen LogP contribution in [0.2, 0.25) is 0 Å². The lowest BCUT2D eigenvalue weighted by Crippen LogP contribution is -2.29. The van der Waals surface area contributed by atoms with Gasteiger partial charge in [-0.1, -0.05) is 20.8 Å². The Balaban J connectivity index is 4.09. The van der Waals surface area contributed by atoms with Crippen LogP contribution in [0.25, 0.3) is 0 Å². The Labute approximate surface area is 87.6 Å². The zero-order valence-electron chi connectivity index (χ0n) is 8.73. The lowest BCUT2D eigenvalue weighted by molar-refractivity contribution is -0.167. The maximum Gasteiger partial charge on any atom is 0.417 e. The summed E-state index contributed by atoms with van der Waals surface area (Å²) in [5.74, 6) is -1.68. The molecule has 0 fully saturated rings. The van der Waals surface area contributed by atoms with Gasteiger partial charge in [0, 0.05) is 0 Å². The van der Waals surface area contributed by atoms with Crippen LogP contribution < -0.4 is 0 Å². The first-order valence-corrected chi connectivity index (χ1v) is 4.68. The van der Waals surface area contributed by atoms with Crippen molar-refractivity contribution in [2.75, 3.05) is 0 Å². The molecule has 0 aromatic rings. The molecule has 0 aliphatic carbocycles. The smallest absolute Gasteiger partial charge is 0.417 e. The summed E-state index contributed by atoms with van der Waals surface area (Å²) in [5.41, 5.74) is -0.0820. The van der Waals surface area contributed by atoms with Gasteiger partial charge in [-0.2, -0.15) is 8.78 Å². The van der Waals surface area contributed by atoms with Gasteiger partial charge in [-0.25, -0.2) is 4.79 Å². The van der Waals surface area contributed by atoms with E-state index < -0.39 is 17.5 Å². The minimum Gasteiger partial charge on any atom is -0.457 e. The second-order valence-corrected chi connectivity index (χ2v) is 4.95. The Kier molecular flexibility index (Phi) is 4.31. The molecule has 0 amide bonds. The molecule has 0 saturated heterocycles. The topological polar surface area (TPSA) is 26.3 Å². The molecule has 14 heavy (non-hydrogen) atoms. The normalized spacial score (nSPS) is 15.1. The second kappa shape index (κ2) is 4.43. The van der Waals surface area contributed by atoms with Crippen molar-refractivity contribution in [2.45, 2.75) is 45.6 Å². The van der Waals surface area contributed by atoms with Crippen LogP contribution in [0.3, 0.4) is 0 Å². The summed E-state index contributed by atoms with van der Waals surface area (Å²) in [7, 11) is 0. The maximum absolute atomic E-state index is 12.2. The second-order valence-electron chi connectivity index (χ2n) is 4.48. The fourth-order valence-electron chi connectivity index (χ4n) is 1.15. The number of carbonyl (C=O) groups is 1. The van der Waals surface area contributed by atoms with E-state index in [9.17, 15) is 13.6 Å². The number of hydrogen-bond acceptors (Lipinski definition) is 2. The van der Waals surface area contributed by atoms with Crippen molar-refractivity contribution in [3.8, 4) is 0 Å². The summed E-state index contributed by atoms with van der Waals surface area (Å²) in [6, 6.07) is 0. The lowest BCUT2D eigenvalue weighted by Gasteiger charge is -2.23. The van der Waals surface area contributed by atoms with Crippen molar-refractivity contribution in [1.82, 2.24) is 0 Å². The molecule has 0 spiro atoms. The predicted octanol–water partition coefficient (Wildman–Crippen LogP) is 3.19. The van der Waals surface area contributed by atoms with Crippen molar-refractivity contribution in [1.29, 1.82) is 0 Å². The summed E-state index contributed by atoms with van der Waals surface area (Å²) in [4.78, 5) is 10.7. The van der Waals surface area contributed by atoms with Gasteiger partial charge in [0.05, 0.1) is 6.10 Å². The number of alkyl halides is 3. The average molecular weight is 229 g/mol. The average Bonchev–Trinajstić information content (AvgIpc) is 1.79. The van der Waals surface area contributed by atoms with Crippen LogP contribution in [0.5, 0.6) is 0 Å². The van der Waals surface area contributed by atoms with Crippen molar-refractivity contribution in [3.05, 3.63) is 0 Å². The summed E-state index contributed by atoms with van der Waals surface area (Å²) in [6.07, 6.45) is -0.0572. The Morgan fingerprint density at radius 3 is 2.14 bits per heavy atom. The van der Waals surface area contributed by atoms with E-state index in [0.29, 0.717) is 6.42 Å². The molecule has 84 valence electrons. The molecule has 0 saturated carbocycles. The zero-order valence-corrected chi connectivity index (χ0v) is 9.49. The number of halogens is 3. The molecule has 0 aromatic carbocycles. The highest BCUT2D eigenvalue weighted by Crippen LogP contribution is 2.25. The molecule has 0 aliphatic rings. The van der Waals surface area contributed by atoms with Crippen LogP contribution in [0.15, 0.2) is 0 Å². The van der Waals surface area contributed by atoms with Crippen LogP contribution in [0.1, 0.15) is 34.1 Å². The summed E-state index contributed by atoms with van der Waals surface area (Å²) < 4.78 is 28.9. The molecular formula is C9H15ClF2O2. The van der Waals surface area contributed by atoms with Gasteiger partial charge in [0.1, 0.15) is 0 Å². The van der Waals surface area contributed by atoms with Crippen molar-refractivity contribution >= 4 is 17.6 Å². The van der Waals surface area contributed by atoms with Crippen molar-refractivity contribution in [3.63, 3.8) is 0 Å². The zero-order chi connectivity index (χ0) is 11.6. The quantitative estimate of drug-likeness (QED) is 0.548. The van der Waals surface area contributed by atoms with E-state index in [-0.39, 0.29) is 5.41 Å². The minimum absolute atomic E-state index is 0.0820. The first-order valence-electron chi connectivity index (χ1n) is 4.30. The van der Waals surface area contributed by atoms with Crippen LogP contribution in [0, 0.1) is 5.41 Å². The Hall–Kier alpha value is -0.380. The Morgan fingerprint density at radius 1 is 1.43 bits per heavy atom. The van der Waals surface area contributed by atoms with Crippen LogP contribution >= 0.6 is 11.6 Å². The highest BCUT2D eigenvalue weighted by molar-refractivity contribution is 6.31. The molecule has 1 unspecified atom stereocenters. The minimum atomic E-state index is -3.92. The van der Waals surface area contributed by atoms with Gasteiger partial charge < -0.3 is 4.74 Å². The summed E-state index contributed by atoms with van der Waals surface area (Å²) in [6.45, 7) is 7.34. The Bertz CT molecular complexity index is 206. The van der Waals surface area contributed by atoms with Crippen LogP contribution in [-0.2, 0) is 9.53 Å². The molecule has 0 bridgehead atoms. The highest BCUT2D eigenvalue weighted by atomic mass is 35.5. The standard InChI is InChI=1S/C9H15ClF2O2/c1-6(5-8(2,3)4)14-7(13)9(10,11)12/h6H,5H2,1-4H3. The SMILES string of the molecule is CC(CC(C)(C)C)OC(=O)C(F)(F)Cl. The number of hydrogen-bond donors (Lipinski definition) is 0. The number of rotatable bonds is 3. The van der Waals surface area contributed by atoms with E-state index >= 15 is 0 Å². The molecular weight excluding hydrogens is 214 g/mol. The fraction of sp³-hybridized carbons (Fsp3) is 0.889. The van der Waals surface area contributed by atoms with Gasteiger partial charge in [-0.3, -0.25) is 0 Å². The van der Waals surface area contributed by atoms with E-state index in [4.69, 9.17) is 0 Å². The van der Waals surface area contributed by atoms with Gasteiger partial charge in [0.15, 0.2) is 0 Å². The Morgan fingerprint density at radius 2 is 1.86 bits per heavy atom. The maximum atomic E-state index is 12.2. The third-order valence-electron chi connectivity index (χ3n) is 1.44. The number of ether oxygens (including phenoxy) is 1. The molecule has 0 aliphatic heterocycles. The van der Waals surface area contributed by atoms with Crippen molar-refractivity contribution in [2.24, 2.45) is 5.41 Å². The lowest BCUT2D eigenvalue weighted by atomic mass is 9.90. The third kappa shape index (κ3) is 6.13. The van der Waals surface area contributed by atoms with Gasteiger partial charge >= 0.3 is 11.4 Å². The molecule has 1 atom stereocenters. The largest absolute Gasteiger partial charge is 0.457 e. The first-order chi connectivity index (χ1) is 6.02. The van der Waals surface area contributed by atoms with Gasteiger partial charge in [-0.05, 0) is 30.4 Å². The summed E-state index contributed by atoms with van der Waals surface area (Å²) in [5, 5.41) is -3.92. The fourth-order valence-corrected chi connectivity index (χ4v) is 1.20. The van der Waals surface area contributed by atoms with E-state index in [2.05, 4.69) is 16.3 Å².